The van der Waals surface area contributed by atoms with Gasteiger partial charge in [-0.2, -0.15) is 4.31 Å². The Kier molecular flexibility index (Phi) is 7.32. The molecule has 0 atom stereocenters. The van der Waals surface area contributed by atoms with Crippen LogP contribution in [0.4, 0.5) is 5.69 Å². The fraction of sp³-hybridized carbons (Fsp3) is 0.455. The van der Waals surface area contributed by atoms with Crippen molar-refractivity contribution in [2.75, 3.05) is 25.0 Å². The fourth-order valence-corrected chi connectivity index (χ4v) is 6.13. The van der Waals surface area contributed by atoms with Crippen LogP contribution in [0, 0.1) is 26.7 Å². The van der Waals surface area contributed by atoms with Crippen LogP contribution in [0.1, 0.15) is 47.1 Å². The van der Waals surface area contributed by atoms with Crippen molar-refractivity contribution in [3.8, 4) is 0 Å². The van der Waals surface area contributed by atoms with Crippen molar-refractivity contribution in [1.82, 2.24) is 9.29 Å². The molecule has 2 N–H and O–H groups in total. The number of sulfonamides is 1. The predicted molar refractivity (Wildman–Crippen MR) is 123 cm³/mol. The highest BCUT2D eigenvalue weighted by atomic mass is 35.5. The van der Waals surface area contributed by atoms with Crippen molar-refractivity contribution in [3.05, 3.63) is 45.7 Å². The number of carbonyl (C=O) groups excluding carboxylic acids is 2. The van der Waals surface area contributed by atoms with Crippen LogP contribution in [-0.4, -0.2) is 49.3 Å². The molecule has 1 saturated heterocycles. The van der Waals surface area contributed by atoms with Gasteiger partial charge in [-0.3, -0.25) is 4.79 Å². The first-order valence-corrected chi connectivity index (χ1v) is 12.3. The maximum absolute atomic E-state index is 13.4. The number of piperidine rings is 1. The summed E-state index contributed by atoms with van der Waals surface area (Å²) in [7, 11) is -3.93. The first-order chi connectivity index (χ1) is 15.1. The number of amides is 1. The van der Waals surface area contributed by atoms with E-state index in [2.05, 4.69) is 10.3 Å². The van der Waals surface area contributed by atoms with E-state index in [-0.39, 0.29) is 42.0 Å². The summed E-state index contributed by atoms with van der Waals surface area (Å²) < 4.78 is 33.2. The molecule has 0 bridgehead atoms. The lowest BCUT2D eigenvalue weighted by Crippen LogP contribution is -2.42. The number of aromatic nitrogens is 1. The summed E-state index contributed by atoms with van der Waals surface area (Å²) in [5, 5.41) is 3.51. The van der Waals surface area contributed by atoms with E-state index in [9.17, 15) is 18.0 Å². The number of benzene rings is 1. The molecule has 10 heteroatoms. The van der Waals surface area contributed by atoms with Gasteiger partial charge in [0.2, 0.25) is 15.9 Å². The maximum atomic E-state index is 13.4. The average Bonchev–Trinajstić information content (AvgIpc) is 3.04. The molecule has 1 amide bonds. The Hall–Kier alpha value is -2.36. The van der Waals surface area contributed by atoms with Crippen LogP contribution >= 0.6 is 11.6 Å². The third-order valence-electron chi connectivity index (χ3n) is 5.67. The third kappa shape index (κ3) is 4.84. The molecule has 1 aromatic carbocycles. The Labute approximate surface area is 193 Å². The number of aryl methyl sites for hydroxylation is 3. The standard InChI is InChI=1S/C22H28ClN3O5S/c1-5-31-22(28)19-14(3)24-15(4)20(19)32(29,30)26-10-8-16(9-11-26)21(27)25-18-7-6-17(23)12-13(18)2/h6-7,12,16,24H,5,8-11H2,1-4H3,(H,25,27). The zero-order valence-corrected chi connectivity index (χ0v) is 20.2. The summed E-state index contributed by atoms with van der Waals surface area (Å²) in [5.74, 6) is -1.12. The van der Waals surface area contributed by atoms with Gasteiger partial charge < -0.3 is 15.0 Å². The quantitative estimate of drug-likeness (QED) is 0.610. The molecule has 1 aromatic heterocycles. The molecule has 0 saturated carbocycles. The lowest BCUT2D eigenvalue weighted by Gasteiger charge is -2.31. The molecular weight excluding hydrogens is 454 g/mol. The summed E-state index contributed by atoms with van der Waals surface area (Å²) >= 11 is 5.97. The van der Waals surface area contributed by atoms with Crippen molar-refractivity contribution in [2.45, 2.75) is 45.4 Å². The molecule has 0 spiro atoms. The molecule has 0 aliphatic carbocycles. The van der Waals surface area contributed by atoms with Crippen LogP contribution in [0.5, 0.6) is 0 Å². The van der Waals surface area contributed by atoms with Crippen molar-refractivity contribution in [1.29, 1.82) is 0 Å². The van der Waals surface area contributed by atoms with Gasteiger partial charge in [0.15, 0.2) is 0 Å². The first-order valence-electron chi connectivity index (χ1n) is 10.5. The van der Waals surface area contributed by atoms with E-state index in [4.69, 9.17) is 16.3 Å². The number of ether oxygens (including phenoxy) is 1. The largest absolute Gasteiger partial charge is 0.462 e. The van der Waals surface area contributed by atoms with Crippen LogP contribution in [0.3, 0.4) is 0 Å². The van der Waals surface area contributed by atoms with Crippen molar-refractivity contribution in [3.63, 3.8) is 0 Å². The Bertz CT molecular complexity index is 1130. The number of carbonyl (C=O) groups is 2. The molecule has 0 unspecified atom stereocenters. The zero-order valence-electron chi connectivity index (χ0n) is 18.6. The van der Waals surface area contributed by atoms with Crippen molar-refractivity contribution < 1.29 is 22.7 Å². The topological polar surface area (TPSA) is 109 Å². The van der Waals surface area contributed by atoms with Crippen LogP contribution < -0.4 is 5.32 Å². The number of halogens is 1. The van der Waals surface area contributed by atoms with Gasteiger partial charge in [0.1, 0.15) is 10.5 Å². The van der Waals surface area contributed by atoms with E-state index in [1.807, 2.05) is 6.92 Å². The molecular formula is C22H28ClN3O5S. The molecule has 1 fully saturated rings. The van der Waals surface area contributed by atoms with Gasteiger partial charge in [-0.15, -0.1) is 0 Å². The first kappa shape index (κ1) is 24.3. The SMILES string of the molecule is CCOC(=O)c1c(C)[nH]c(C)c1S(=O)(=O)N1CCC(C(=O)Nc2ccc(Cl)cc2C)CC1. The molecule has 0 radical (unpaired) electrons. The summed E-state index contributed by atoms with van der Waals surface area (Å²) in [6.07, 6.45) is 0.768. The molecule has 174 valence electrons. The van der Waals surface area contributed by atoms with Gasteiger partial charge in [-0.1, -0.05) is 11.6 Å². The molecule has 2 aromatic rings. The fourth-order valence-electron chi connectivity index (χ4n) is 4.02. The minimum Gasteiger partial charge on any atom is -0.462 e. The lowest BCUT2D eigenvalue weighted by molar-refractivity contribution is -0.120. The molecule has 1 aliphatic rings. The number of aromatic amines is 1. The van der Waals surface area contributed by atoms with Crippen LogP contribution in [0.15, 0.2) is 23.1 Å². The minimum atomic E-state index is -3.93. The van der Waals surface area contributed by atoms with Gasteiger partial charge in [-0.05, 0) is 64.3 Å². The molecule has 32 heavy (non-hydrogen) atoms. The number of esters is 1. The molecule has 1 aliphatic heterocycles. The van der Waals surface area contributed by atoms with E-state index in [1.54, 1.807) is 39.0 Å². The molecule has 8 nitrogen and oxygen atoms in total. The highest BCUT2D eigenvalue weighted by Gasteiger charge is 2.37. The van der Waals surface area contributed by atoms with Crippen molar-refractivity contribution >= 4 is 39.2 Å². The van der Waals surface area contributed by atoms with Crippen LogP contribution in [0.2, 0.25) is 5.02 Å². The summed E-state index contributed by atoms with van der Waals surface area (Å²) in [6.45, 7) is 7.32. The number of nitrogens with zero attached hydrogens (tertiary/aromatic N) is 1. The smallest absolute Gasteiger partial charge is 0.341 e. The van der Waals surface area contributed by atoms with E-state index in [1.165, 1.54) is 4.31 Å². The number of hydrogen-bond donors (Lipinski definition) is 2. The maximum Gasteiger partial charge on any atom is 0.341 e. The number of rotatable bonds is 6. The van der Waals surface area contributed by atoms with E-state index in [0.717, 1.165) is 5.56 Å². The van der Waals surface area contributed by atoms with Gasteiger partial charge in [0, 0.05) is 41.1 Å². The van der Waals surface area contributed by atoms with Crippen molar-refractivity contribution in [2.24, 2.45) is 5.92 Å². The van der Waals surface area contributed by atoms with E-state index >= 15 is 0 Å². The average molecular weight is 482 g/mol. The van der Waals surface area contributed by atoms with Gasteiger partial charge in [-0.25, -0.2) is 13.2 Å². The third-order valence-corrected chi connectivity index (χ3v) is 7.97. The Balaban J connectivity index is 1.73. The lowest BCUT2D eigenvalue weighted by atomic mass is 9.97. The zero-order chi connectivity index (χ0) is 23.6. The van der Waals surface area contributed by atoms with E-state index < -0.39 is 16.0 Å². The summed E-state index contributed by atoms with van der Waals surface area (Å²) in [5.41, 5.74) is 2.43. The number of H-pyrrole nitrogens is 1. The number of nitrogens with one attached hydrogen (secondary N) is 2. The predicted octanol–water partition coefficient (Wildman–Crippen LogP) is 3.81. The van der Waals surface area contributed by atoms with Gasteiger partial charge >= 0.3 is 5.97 Å². The van der Waals surface area contributed by atoms with Crippen LogP contribution in [0.25, 0.3) is 0 Å². The highest BCUT2D eigenvalue weighted by Crippen LogP contribution is 2.31. The second-order valence-corrected chi connectivity index (χ2v) is 10.2. The molecule has 2 heterocycles. The summed E-state index contributed by atoms with van der Waals surface area (Å²) in [6, 6.07) is 5.24. The number of anilines is 1. The van der Waals surface area contributed by atoms with E-state index in [0.29, 0.717) is 34.9 Å². The minimum absolute atomic E-state index is 0.0439. The highest BCUT2D eigenvalue weighted by molar-refractivity contribution is 7.89. The monoisotopic (exact) mass is 481 g/mol. The summed E-state index contributed by atoms with van der Waals surface area (Å²) in [4.78, 5) is 28.0. The molecule has 3 rings (SSSR count). The second kappa shape index (κ2) is 9.64. The normalized spacial score (nSPS) is 15.5. The Morgan fingerprint density at radius 2 is 1.84 bits per heavy atom. The Morgan fingerprint density at radius 1 is 1.19 bits per heavy atom. The van der Waals surface area contributed by atoms with Gasteiger partial charge in [0.05, 0.1) is 6.61 Å². The number of hydrogen-bond acceptors (Lipinski definition) is 5. The second-order valence-electron chi connectivity index (χ2n) is 7.93. The van der Waals surface area contributed by atoms with Gasteiger partial charge in [0.25, 0.3) is 0 Å². The Morgan fingerprint density at radius 3 is 2.44 bits per heavy atom. The van der Waals surface area contributed by atoms with Crippen LogP contribution in [-0.2, 0) is 19.6 Å².